The molecular formula is C22H21O3S+. The summed E-state index contributed by atoms with van der Waals surface area (Å²) in [6, 6.07) is 27.0. The maximum atomic E-state index is 11.3. The molecule has 0 aliphatic rings. The van der Waals surface area contributed by atoms with Crippen LogP contribution in [0.2, 0.25) is 0 Å². The molecule has 0 radical (unpaired) electrons. The Bertz CT molecular complexity index is 824. The quantitative estimate of drug-likeness (QED) is 0.471. The Kier molecular flexibility index (Phi) is 5.97. The highest BCUT2D eigenvalue weighted by molar-refractivity contribution is 7.97. The number of rotatable bonds is 6. The van der Waals surface area contributed by atoms with E-state index in [0.717, 1.165) is 5.56 Å². The molecule has 4 heteroatoms. The second-order valence-electron chi connectivity index (χ2n) is 5.72. The smallest absolute Gasteiger partial charge is 0.343 e. The van der Waals surface area contributed by atoms with Gasteiger partial charge in [-0.1, -0.05) is 36.4 Å². The minimum absolute atomic E-state index is 0.0849. The van der Waals surface area contributed by atoms with E-state index in [2.05, 4.69) is 66.3 Å². The van der Waals surface area contributed by atoms with Crippen molar-refractivity contribution in [2.75, 3.05) is 13.7 Å². The predicted octanol–water partition coefficient (Wildman–Crippen LogP) is 4.64. The lowest BCUT2D eigenvalue weighted by atomic mass is 10.2. The zero-order valence-corrected chi connectivity index (χ0v) is 15.7. The third-order valence-corrected chi connectivity index (χ3v) is 6.29. The van der Waals surface area contributed by atoms with Gasteiger partial charge < -0.3 is 9.47 Å². The van der Waals surface area contributed by atoms with Crippen molar-refractivity contribution in [1.29, 1.82) is 0 Å². The van der Waals surface area contributed by atoms with Gasteiger partial charge in [0, 0.05) is 5.56 Å². The molecule has 0 heterocycles. The van der Waals surface area contributed by atoms with Gasteiger partial charge in [-0.15, -0.1) is 0 Å². The van der Waals surface area contributed by atoms with Crippen molar-refractivity contribution in [3.8, 4) is 5.75 Å². The lowest BCUT2D eigenvalue weighted by Gasteiger charge is -2.12. The summed E-state index contributed by atoms with van der Waals surface area (Å²) < 4.78 is 10.1. The molecule has 3 rings (SSSR count). The summed E-state index contributed by atoms with van der Waals surface area (Å²) >= 11 is 0. The van der Waals surface area contributed by atoms with Crippen LogP contribution in [0.15, 0.2) is 93.5 Å². The summed E-state index contributed by atoms with van der Waals surface area (Å²) in [6.45, 7) is 1.99. The lowest BCUT2D eigenvalue weighted by molar-refractivity contribution is -0.142. The Morgan fingerprint density at radius 1 is 0.885 bits per heavy atom. The van der Waals surface area contributed by atoms with E-state index in [9.17, 15) is 4.79 Å². The summed E-state index contributed by atoms with van der Waals surface area (Å²) in [6.07, 6.45) is 0. The van der Waals surface area contributed by atoms with Gasteiger partial charge in [-0.3, -0.25) is 0 Å². The molecule has 0 aliphatic carbocycles. The summed E-state index contributed by atoms with van der Waals surface area (Å²) in [5.41, 5.74) is 1.13. The number of methoxy groups -OCH3 is 1. The first-order valence-corrected chi connectivity index (χ1v) is 9.56. The van der Waals surface area contributed by atoms with Gasteiger partial charge in [0.1, 0.15) is 5.75 Å². The molecule has 0 aromatic heterocycles. The Morgan fingerprint density at radius 2 is 1.46 bits per heavy atom. The summed E-state index contributed by atoms with van der Waals surface area (Å²) in [4.78, 5) is 15.0. The van der Waals surface area contributed by atoms with Crippen LogP contribution in [-0.2, 0) is 20.4 Å². The molecule has 3 aromatic rings. The fraction of sp³-hybridized carbons (Fsp3) is 0.136. The fourth-order valence-electron chi connectivity index (χ4n) is 2.65. The molecule has 0 aliphatic heterocycles. The van der Waals surface area contributed by atoms with Gasteiger partial charge in [0.2, 0.25) is 0 Å². The van der Waals surface area contributed by atoms with Crippen LogP contribution in [-0.4, -0.2) is 19.7 Å². The molecule has 0 unspecified atom stereocenters. The second kappa shape index (κ2) is 8.59. The van der Waals surface area contributed by atoms with Gasteiger partial charge in [0.05, 0.1) is 18.0 Å². The number of benzene rings is 3. The number of ether oxygens (including phenoxy) is 2. The molecule has 0 atom stereocenters. The number of carbonyl (C=O) groups is 1. The van der Waals surface area contributed by atoms with E-state index in [1.807, 2.05) is 24.3 Å². The van der Waals surface area contributed by atoms with Crippen molar-refractivity contribution in [2.45, 2.75) is 21.6 Å². The maximum Gasteiger partial charge on any atom is 0.343 e. The zero-order valence-electron chi connectivity index (χ0n) is 14.8. The van der Waals surface area contributed by atoms with Crippen molar-refractivity contribution < 1.29 is 14.3 Å². The molecule has 132 valence electrons. The maximum absolute atomic E-state index is 11.3. The molecule has 0 spiro atoms. The molecule has 3 aromatic carbocycles. The van der Waals surface area contributed by atoms with E-state index < -0.39 is 0 Å². The SMILES string of the molecule is COC(=O)COc1ccc([S+](c2ccccc2)c2ccccc2)c(C)c1. The summed E-state index contributed by atoms with van der Waals surface area (Å²) in [7, 11) is 1.16. The Morgan fingerprint density at radius 3 is 1.96 bits per heavy atom. The molecule has 0 fully saturated rings. The van der Waals surface area contributed by atoms with Gasteiger partial charge in [0.25, 0.3) is 0 Å². The van der Waals surface area contributed by atoms with E-state index in [4.69, 9.17) is 4.74 Å². The van der Waals surface area contributed by atoms with E-state index >= 15 is 0 Å². The van der Waals surface area contributed by atoms with Gasteiger partial charge in [-0.25, -0.2) is 4.79 Å². The first kappa shape index (κ1) is 18.1. The predicted molar refractivity (Wildman–Crippen MR) is 104 cm³/mol. The van der Waals surface area contributed by atoms with Crippen LogP contribution in [0.1, 0.15) is 5.56 Å². The van der Waals surface area contributed by atoms with Crippen LogP contribution in [0.4, 0.5) is 0 Å². The largest absolute Gasteiger partial charge is 0.482 e. The number of esters is 1. The van der Waals surface area contributed by atoms with Crippen molar-refractivity contribution >= 4 is 16.9 Å². The third-order valence-electron chi connectivity index (χ3n) is 3.91. The molecule has 0 amide bonds. The van der Waals surface area contributed by atoms with Crippen LogP contribution in [0.25, 0.3) is 0 Å². The van der Waals surface area contributed by atoms with Gasteiger partial charge in [-0.2, -0.15) is 0 Å². The molecule has 0 saturated carbocycles. The second-order valence-corrected chi connectivity index (χ2v) is 7.72. The Labute approximate surface area is 156 Å². The van der Waals surface area contributed by atoms with Crippen molar-refractivity contribution in [3.63, 3.8) is 0 Å². The van der Waals surface area contributed by atoms with E-state index in [-0.39, 0.29) is 23.5 Å². The molecule has 0 bridgehead atoms. The highest BCUT2D eigenvalue weighted by atomic mass is 32.2. The average molecular weight is 365 g/mol. The molecule has 3 nitrogen and oxygen atoms in total. The number of carbonyl (C=O) groups excluding carboxylic acids is 1. The minimum atomic E-state index is -0.389. The van der Waals surface area contributed by atoms with Crippen LogP contribution in [0.3, 0.4) is 0 Å². The Hall–Kier alpha value is -2.72. The van der Waals surface area contributed by atoms with Crippen LogP contribution < -0.4 is 4.74 Å². The van der Waals surface area contributed by atoms with E-state index in [1.165, 1.54) is 21.8 Å². The normalized spacial score (nSPS) is 10.6. The molecular weight excluding hydrogens is 344 g/mol. The van der Waals surface area contributed by atoms with Crippen molar-refractivity contribution in [3.05, 3.63) is 84.4 Å². The van der Waals surface area contributed by atoms with Gasteiger partial charge in [-0.05, 0) is 49.4 Å². The first-order chi connectivity index (χ1) is 12.7. The monoisotopic (exact) mass is 365 g/mol. The van der Waals surface area contributed by atoms with E-state index in [0.29, 0.717) is 5.75 Å². The topological polar surface area (TPSA) is 35.5 Å². The number of hydrogen-bond donors (Lipinski definition) is 0. The standard InChI is InChI=1S/C22H21O3S/c1-17-15-18(25-16-22(23)24-2)13-14-21(17)26(19-9-5-3-6-10-19)20-11-7-4-8-12-20/h3-15H,16H2,1-2H3/q+1. The highest BCUT2D eigenvalue weighted by Crippen LogP contribution is 2.34. The van der Waals surface area contributed by atoms with Crippen molar-refractivity contribution in [2.24, 2.45) is 0 Å². The molecule has 26 heavy (non-hydrogen) atoms. The van der Waals surface area contributed by atoms with Crippen LogP contribution in [0, 0.1) is 6.92 Å². The van der Waals surface area contributed by atoms with Crippen LogP contribution >= 0.6 is 0 Å². The zero-order chi connectivity index (χ0) is 18.4. The van der Waals surface area contributed by atoms with Gasteiger partial charge >= 0.3 is 5.97 Å². The molecule has 0 saturated heterocycles. The van der Waals surface area contributed by atoms with E-state index in [1.54, 1.807) is 0 Å². The van der Waals surface area contributed by atoms with Crippen LogP contribution in [0.5, 0.6) is 5.75 Å². The number of hydrogen-bond acceptors (Lipinski definition) is 3. The van der Waals surface area contributed by atoms with Crippen molar-refractivity contribution in [1.82, 2.24) is 0 Å². The summed E-state index contributed by atoms with van der Waals surface area (Å²) in [5, 5.41) is 0. The first-order valence-electron chi connectivity index (χ1n) is 8.33. The number of aryl methyl sites for hydroxylation is 1. The Balaban J connectivity index is 1.96. The average Bonchev–Trinajstić information content (AvgIpc) is 2.69. The summed E-state index contributed by atoms with van der Waals surface area (Å²) in [5.74, 6) is 0.279. The highest BCUT2D eigenvalue weighted by Gasteiger charge is 2.30. The fourth-order valence-corrected chi connectivity index (χ4v) is 4.87. The van der Waals surface area contributed by atoms with Gasteiger partial charge in [0.15, 0.2) is 21.3 Å². The minimum Gasteiger partial charge on any atom is -0.482 e. The molecule has 0 N–H and O–H groups in total. The third kappa shape index (κ3) is 4.27. The lowest BCUT2D eigenvalue weighted by Crippen LogP contribution is -2.13.